The predicted molar refractivity (Wildman–Crippen MR) is 125 cm³/mol. The molecule has 13 heteroatoms. The SMILES string of the molecule is O=S(=O)(NCCSc1nnc(SCCNS(=O)(=O)c2ccccc2)s1)c1ccccc1. The number of rotatable bonds is 12. The van der Waals surface area contributed by atoms with Gasteiger partial charge in [0.25, 0.3) is 0 Å². The lowest BCUT2D eigenvalue weighted by Crippen LogP contribution is -2.25. The number of nitrogens with one attached hydrogen (secondary N) is 2. The Kier molecular flexibility index (Phi) is 8.89. The van der Waals surface area contributed by atoms with E-state index >= 15 is 0 Å². The van der Waals surface area contributed by atoms with Gasteiger partial charge < -0.3 is 0 Å². The van der Waals surface area contributed by atoms with Crippen LogP contribution >= 0.6 is 34.9 Å². The van der Waals surface area contributed by atoms with Gasteiger partial charge in [0, 0.05) is 24.6 Å². The van der Waals surface area contributed by atoms with Crippen LogP contribution in [0.25, 0.3) is 0 Å². The maximum Gasteiger partial charge on any atom is 0.240 e. The molecule has 0 saturated heterocycles. The minimum Gasteiger partial charge on any atom is -0.210 e. The summed E-state index contributed by atoms with van der Waals surface area (Å²) in [5, 5.41) is 8.16. The van der Waals surface area contributed by atoms with Gasteiger partial charge in [-0.05, 0) is 24.3 Å². The largest absolute Gasteiger partial charge is 0.240 e. The lowest BCUT2D eigenvalue weighted by Gasteiger charge is -2.05. The molecule has 0 aliphatic heterocycles. The maximum absolute atomic E-state index is 12.2. The van der Waals surface area contributed by atoms with Gasteiger partial charge in [-0.25, -0.2) is 26.3 Å². The number of hydrogen-bond donors (Lipinski definition) is 2. The molecule has 2 aromatic carbocycles. The summed E-state index contributed by atoms with van der Waals surface area (Å²) in [5.41, 5.74) is 0. The highest BCUT2D eigenvalue weighted by Gasteiger charge is 2.14. The smallest absolute Gasteiger partial charge is 0.210 e. The van der Waals surface area contributed by atoms with Gasteiger partial charge in [-0.1, -0.05) is 71.3 Å². The molecule has 0 radical (unpaired) electrons. The molecule has 1 aromatic heterocycles. The van der Waals surface area contributed by atoms with Crippen LogP contribution in [0.2, 0.25) is 0 Å². The minimum atomic E-state index is -3.51. The van der Waals surface area contributed by atoms with E-state index in [2.05, 4.69) is 19.6 Å². The fourth-order valence-electron chi connectivity index (χ4n) is 2.31. The zero-order valence-electron chi connectivity index (χ0n) is 16.2. The highest BCUT2D eigenvalue weighted by atomic mass is 32.2. The molecule has 0 unspecified atom stereocenters. The van der Waals surface area contributed by atoms with Gasteiger partial charge >= 0.3 is 0 Å². The van der Waals surface area contributed by atoms with Crippen LogP contribution in [0.4, 0.5) is 0 Å². The van der Waals surface area contributed by atoms with Gasteiger partial charge in [-0.2, -0.15) is 0 Å². The average molecular weight is 517 g/mol. The molecule has 31 heavy (non-hydrogen) atoms. The Labute approximate surface area is 194 Å². The monoisotopic (exact) mass is 516 g/mol. The van der Waals surface area contributed by atoms with E-state index in [0.29, 0.717) is 11.5 Å². The van der Waals surface area contributed by atoms with Crippen molar-refractivity contribution in [2.45, 2.75) is 18.5 Å². The topological polar surface area (TPSA) is 118 Å². The van der Waals surface area contributed by atoms with E-state index in [4.69, 9.17) is 0 Å². The Balaban J connectivity index is 1.37. The average Bonchev–Trinajstić information content (AvgIpc) is 3.23. The van der Waals surface area contributed by atoms with Gasteiger partial charge in [-0.15, -0.1) is 10.2 Å². The molecule has 0 saturated carbocycles. The van der Waals surface area contributed by atoms with E-state index < -0.39 is 20.0 Å². The van der Waals surface area contributed by atoms with E-state index in [1.165, 1.54) is 34.9 Å². The van der Waals surface area contributed by atoms with Crippen molar-refractivity contribution in [1.82, 2.24) is 19.6 Å². The molecule has 3 aromatic rings. The lowest BCUT2D eigenvalue weighted by atomic mass is 10.4. The third-order valence-corrected chi connectivity index (χ3v) is 9.88. The Morgan fingerprint density at radius 2 is 1.06 bits per heavy atom. The normalized spacial score (nSPS) is 12.1. The Hall–Kier alpha value is -1.48. The summed E-state index contributed by atoms with van der Waals surface area (Å²) >= 11 is 4.21. The number of nitrogens with zero attached hydrogens (tertiary/aromatic N) is 2. The van der Waals surface area contributed by atoms with Crippen LogP contribution in [-0.2, 0) is 20.0 Å². The first-order valence-corrected chi connectivity index (χ1v) is 14.8. The number of hydrogen-bond acceptors (Lipinski definition) is 9. The van der Waals surface area contributed by atoms with E-state index in [-0.39, 0.29) is 22.9 Å². The molecule has 8 nitrogen and oxygen atoms in total. The first-order valence-electron chi connectivity index (χ1n) is 9.05. The van der Waals surface area contributed by atoms with Crippen molar-refractivity contribution in [1.29, 1.82) is 0 Å². The zero-order chi connectivity index (χ0) is 22.2. The van der Waals surface area contributed by atoms with E-state index in [9.17, 15) is 16.8 Å². The van der Waals surface area contributed by atoms with Gasteiger partial charge in [0.1, 0.15) is 0 Å². The van der Waals surface area contributed by atoms with Crippen molar-refractivity contribution in [3.05, 3.63) is 60.7 Å². The highest BCUT2D eigenvalue weighted by molar-refractivity contribution is 8.03. The first-order chi connectivity index (χ1) is 14.9. The van der Waals surface area contributed by atoms with E-state index in [1.807, 2.05) is 0 Å². The third-order valence-electron chi connectivity index (χ3n) is 3.73. The molecule has 0 amide bonds. The summed E-state index contributed by atoms with van der Waals surface area (Å²) in [6.07, 6.45) is 0. The Bertz CT molecular complexity index is 1080. The molecule has 0 atom stereocenters. The number of thioether (sulfide) groups is 2. The Morgan fingerprint density at radius 1 is 0.677 bits per heavy atom. The summed E-state index contributed by atoms with van der Waals surface area (Å²) in [4.78, 5) is 0.468. The molecule has 2 N–H and O–H groups in total. The predicted octanol–water partition coefficient (Wildman–Crippen LogP) is 2.68. The second-order valence-electron chi connectivity index (χ2n) is 5.95. The fourth-order valence-corrected chi connectivity index (χ4v) is 7.54. The summed E-state index contributed by atoms with van der Waals surface area (Å²) in [6.45, 7) is 0.538. The van der Waals surface area contributed by atoms with Crippen molar-refractivity contribution < 1.29 is 16.8 Å². The van der Waals surface area contributed by atoms with Crippen LogP contribution < -0.4 is 9.44 Å². The molecule has 0 aliphatic carbocycles. The van der Waals surface area contributed by atoms with Crippen molar-refractivity contribution in [3.8, 4) is 0 Å². The van der Waals surface area contributed by atoms with Crippen LogP contribution in [-0.4, -0.2) is 51.6 Å². The van der Waals surface area contributed by atoms with Gasteiger partial charge in [0.15, 0.2) is 8.68 Å². The summed E-state index contributed by atoms with van der Waals surface area (Å²) in [5.74, 6) is 1.03. The van der Waals surface area contributed by atoms with Crippen LogP contribution in [0, 0.1) is 0 Å². The van der Waals surface area contributed by atoms with Crippen molar-refractivity contribution in [2.75, 3.05) is 24.6 Å². The van der Waals surface area contributed by atoms with Crippen molar-refractivity contribution in [3.63, 3.8) is 0 Å². The van der Waals surface area contributed by atoms with Gasteiger partial charge in [0.05, 0.1) is 9.79 Å². The second-order valence-corrected chi connectivity index (χ2v) is 13.1. The second kappa shape index (κ2) is 11.4. The zero-order valence-corrected chi connectivity index (χ0v) is 20.3. The van der Waals surface area contributed by atoms with Crippen molar-refractivity contribution in [2.24, 2.45) is 0 Å². The minimum absolute atomic E-state index is 0.234. The first kappa shape index (κ1) is 24.2. The molecule has 1 heterocycles. The molecule has 0 spiro atoms. The fraction of sp³-hybridized carbons (Fsp3) is 0.222. The number of aromatic nitrogens is 2. The Morgan fingerprint density at radius 3 is 1.45 bits per heavy atom. The van der Waals surface area contributed by atoms with Gasteiger partial charge in [0.2, 0.25) is 20.0 Å². The lowest BCUT2D eigenvalue weighted by molar-refractivity contribution is 0.582. The molecule has 0 bridgehead atoms. The molecular weight excluding hydrogens is 497 g/mol. The molecule has 0 aliphatic rings. The third kappa shape index (κ3) is 7.56. The highest BCUT2D eigenvalue weighted by Crippen LogP contribution is 2.28. The standard InChI is InChI=1S/C18H20N4O4S5/c23-30(24,15-7-3-1-4-8-15)19-11-13-27-17-21-22-18(29-17)28-14-12-20-31(25,26)16-9-5-2-6-10-16/h1-10,19-20H,11-14H2. The van der Waals surface area contributed by atoms with Crippen LogP contribution in [0.3, 0.4) is 0 Å². The van der Waals surface area contributed by atoms with Crippen LogP contribution in [0.5, 0.6) is 0 Å². The summed E-state index contributed by atoms with van der Waals surface area (Å²) in [6, 6.07) is 16.4. The maximum atomic E-state index is 12.2. The van der Waals surface area contributed by atoms with Crippen LogP contribution in [0.1, 0.15) is 0 Å². The molecular formula is C18H20N4O4S5. The molecule has 0 fully saturated rings. The summed E-state index contributed by atoms with van der Waals surface area (Å²) in [7, 11) is -7.03. The molecule has 166 valence electrons. The van der Waals surface area contributed by atoms with E-state index in [1.54, 1.807) is 60.7 Å². The van der Waals surface area contributed by atoms with Gasteiger partial charge in [-0.3, -0.25) is 0 Å². The van der Waals surface area contributed by atoms with E-state index in [0.717, 1.165) is 8.68 Å². The number of sulfonamides is 2. The number of benzene rings is 2. The molecule has 3 rings (SSSR count). The van der Waals surface area contributed by atoms with Crippen molar-refractivity contribution >= 4 is 54.9 Å². The van der Waals surface area contributed by atoms with Crippen LogP contribution in [0.15, 0.2) is 79.1 Å². The quantitative estimate of drug-likeness (QED) is 0.279. The summed E-state index contributed by atoms with van der Waals surface area (Å²) < 4.78 is 55.2.